The predicted molar refractivity (Wildman–Crippen MR) is 179 cm³/mol. The molecule has 7 rings (SSSR count). The summed E-state index contributed by atoms with van der Waals surface area (Å²) in [6.45, 7) is 5.56. The highest BCUT2D eigenvalue weighted by Gasteiger charge is 2.23. The molecule has 1 saturated heterocycles. The third-order valence-corrected chi connectivity index (χ3v) is 9.42. The summed E-state index contributed by atoms with van der Waals surface area (Å²) < 4.78 is 4.37. The Morgan fingerprint density at radius 1 is 0.488 bits per heavy atom. The highest BCUT2D eigenvalue weighted by atomic mass is 35.5. The molecule has 0 unspecified atom stereocenters. The standard InChI is InChI=1S/C34H33Cl3N4O2/c35-22-5-8-32-28(15-22)27-3-1-2-4-31(27)40(32)20-25(42)18-38-11-13-39(14-12-38)19-26(43)21-41-33-9-6-23(36)16-29(33)30-17-24(37)7-10-34(30)41/h1-10,15-17,25-26,42-43H,11-14,18-21H2/t25-,26-/m0/s1. The SMILES string of the molecule is O[C@@H](CN1CCN(C[C@H](O)Cn2c3ccc(Cl)cc3c3cc(Cl)ccc32)CC1)Cn1c2ccccc2c2cc(Cl)ccc21. The van der Waals surface area contributed by atoms with Gasteiger partial charge in [0, 0.05) is 97.9 Å². The van der Waals surface area contributed by atoms with Crippen molar-refractivity contribution in [3.63, 3.8) is 0 Å². The Kier molecular flexibility index (Phi) is 8.03. The minimum absolute atomic E-state index is 0.478. The van der Waals surface area contributed by atoms with Crippen LogP contribution in [0.3, 0.4) is 0 Å². The van der Waals surface area contributed by atoms with E-state index >= 15 is 0 Å². The van der Waals surface area contributed by atoms with Crippen LogP contribution < -0.4 is 0 Å². The average Bonchev–Trinajstić information content (AvgIpc) is 3.45. The molecular formula is C34H33Cl3N4O2. The van der Waals surface area contributed by atoms with Crippen LogP contribution in [0.25, 0.3) is 43.6 Å². The van der Waals surface area contributed by atoms with E-state index in [1.165, 1.54) is 0 Å². The molecule has 43 heavy (non-hydrogen) atoms. The first-order chi connectivity index (χ1) is 20.8. The molecule has 4 aromatic carbocycles. The second-order valence-electron chi connectivity index (χ2n) is 11.6. The number of rotatable bonds is 8. The molecule has 2 aromatic heterocycles. The number of para-hydroxylation sites is 1. The number of aliphatic hydroxyl groups excluding tert-OH is 2. The number of β-amino-alcohol motifs (C(OH)–C–C–N with tert-alkyl or cyclic N) is 2. The Balaban J connectivity index is 0.978. The summed E-state index contributed by atoms with van der Waals surface area (Å²) in [6.07, 6.45) is -1.05. The first-order valence-corrected chi connectivity index (χ1v) is 15.8. The Hall–Kier alpha value is -2.81. The van der Waals surface area contributed by atoms with E-state index in [2.05, 4.69) is 31.1 Å². The third kappa shape index (κ3) is 5.74. The van der Waals surface area contributed by atoms with Crippen molar-refractivity contribution in [2.75, 3.05) is 39.3 Å². The smallest absolute Gasteiger partial charge is 0.0845 e. The zero-order valence-electron chi connectivity index (χ0n) is 23.6. The lowest BCUT2D eigenvalue weighted by molar-refractivity contribution is 0.0415. The molecule has 1 aliphatic rings. The van der Waals surface area contributed by atoms with E-state index in [-0.39, 0.29) is 0 Å². The number of nitrogens with zero attached hydrogens (tertiary/aromatic N) is 4. The molecule has 6 aromatic rings. The lowest BCUT2D eigenvalue weighted by Crippen LogP contribution is -2.50. The Bertz CT molecular complexity index is 1880. The first kappa shape index (κ1) is 28.9. The van der Waals surface area contributed by atoms with Crippen molar-refractivity contribution >= 4 is 78.4 Å². The zero-order chi connectivity index (χ0) is 29.7. The fourth-order valence-corrected chi connectivity index (χ4v) is 7.27. The molecule has 3 heterocycles. The van der Waals surface area contributed by atoms with E-state index in [0.717, 1.165) is 69.8 Å². The van der Waals surface area contributed by atoms with Crippen molar-refractivity contribution in [1.82, 2.24) is 18.9 Å². The molecule has 2 atom stereocenters. The second-order valence-corrected chi connectivity index (χ2v) is 12.9. The van der Waals surface area contributed by atoms with Crippen LogP contribution in [0.4, 0.5) is 0 Å². The van der Waals surface area contributed by atoms with Crippen molar-refractivity contribution in [3.05, 3.63) is 93.9 Å². The van der Waals surface area contributed by atoms with E-state index in [1.807, 2.05) is 66.7 Å². The number of hydrogen-bond acceptors (Lipinski definition) is 4. The van der Waals surface area contributed by atoms with Crippen molar-refractivity contribution < 1.29 is 10.2 Å². The van der Waals surface area contributed by atoms with Crippen LogP contribution in [0.2, 0.25) is 15.1 Å². The summed E-state index contributed by atoms with van der Waals surface area (Å²) in [6, 6.07) is 25.9. The normalized spacial score (nSPS) is 16.6. The molecular weight excluding hydrogens is 603 g/mol. The number of piperazine rings is 1. The summed E-state index contributed by atoms with van der Waals surface area (Å²) in [4.78, 5) is 4.63. The van der Waals surface area contributed by atoms with Gasteiger partial charge in [-0.25, -0.2) is 0 Å². The van der Waals surface area contributed by atoms with Crippen LogP contribution in [-0.4, -0.2) is 80.6 Å². The fraction of sp³-hybridized carbons (Fsp3) is 0.294. The van der Waals surface area contributed by atoms with Crippen LogP contribution in [0, 0.1) is 0 Å². The predicted octanol–water partition coefficient (Wildman–Crippen LogP) is 6.90. The van der Waals surface area contributed by atoms with Gasteiger partial charge in [0.2, 0.25) is 0 Å². The van der Waals surface area contributed by atoms with E-state index in [1.54, 1.807) is 0 Å². The number of halogens is 3. The van der Waals surface area contributed by atoms with Crippen molar-refractivity contribution in [2.24, 2.45) is 0 Å². The molecule has 2 N–H and O–H groups in total. The van der Waals surface area contributed by atoms with Gasteiger partial charge in [0.15, 0.2) is 0 Å². The van der Waals surface area contributed by atoms with E-state index < -0.39 is 12.2 Å². The molecule has 6 nitrogen and oxygen atoms in total. The minimum Gasteiger partial charge on any atom is -0.390 e. The second kappa shape index (κ2) is 11.9. The molecule has 0 saturated carbocycles. The fourth-order valence-electron chi connectivity index (χ4n) is 6.76. The highest BCUT2D eigenvalue weighted by Crippen LogP contribution is 2.34. The van der Waals surface area contributed by atoms with Gasteiger partial charge >= 0.3 is 0 Å². The van der Waals surface area contributed by atoms with Gasteiger partial charge in [-0.1, -0.05) is 53.0 Å². The molecule has 0 bridgehead atoms. The molecule has 0 aliphatic carbocycles. The summed E-state index contributed by atoms with van der Waals surface area (Å²) in [5.74, 6) is 0. The van der Waals surface area contributed by atoms with Gasteiger partial charge in [-0.15, -0.1) is 0 Å². The molecule has 0 spiro atoms. The van der Waals surface area contributed by atoms with Gasteiger partial charge in [-0.2, -0.15) is 0 Å². The van der Waals surface area contributed by atoms with Gasteiger partial charge in [-0.3, -0.25) is 9.80 Å². The van der Waals surface area contributed by atoms with E-state index in [4.69, 9.17) is 34.8 Å². The van der Waals surface area contributed by atoms with E-state index in [0.29, 0.717) is 41.2 Å². The molecule has 0 amide bonds. The van der Waals surface area contributed by atoms with Crippen LogP contribution >= 0.6 is 34.8 Å². The summed E-state index contributed by atoms with van der Waals surface area (Å²) in [5, 5.41) is 28.7. The van der Waals surface area contributed by atoms with Crippen LogP contribution in [0.15, 0.2) is 78.9 Å². The monoisotopic (exact) mass is 634 g/mol. The lowest BCUT2D eigenvalue weighted by atomic mass is 10.1. The van der Waals surface area contributed by atoms with Gasteiger partial charge in [0.25, 0.3) is 0 Å². The average molecular weight is 636 g/mol. The number of aliphatic hydroxyl groups is 2. The number of fused-ring (bicyclic) bond motifs is 6. The van der Waals surface area contributed by atoms with Gasteiger partial charge < -0.3 is 19.3 Å². The van der Waals surface area contributed by atoms with Crippen molar-refractivity contribution in [2.45, 2.75) is 25.3 Å². The molecule has 1 fully saturated rings. The Morgan fingerprint density at radius 2 is 0.860 bits per heavy atom. The highest BCUT2D eigenvalue weighted by molar-refractivity contribution is 6.33. The summed E-state index contributed by atoms with van der Waals surface area (Å²) in [7, 11) is 0. The lowest BCUT2D eigenvalue weighted by Gasteiger charge is -2.36. The quantitative estimate of drug-likeness (QED) is 0.191. The maximum atomic E-state index is 11.2. The maximum Gasteiger partial charge on any atom is 0.0845 e. The van der Waals surface area contributed by atoms with Gasteiger partial charge in [0.1, 0.15) is 0 Å². The van der Waals surface area contributed by atoms with Gasteiger partial charge in [0.05, 0.1) is 25.3 Å². The van der Waals surface area contributed by atoms with Crippen LogP contribution in [0.1, 0.15) is 0 Å². The first-order valence-electron chi connectivity index (χ1n) is 14.7. The molecule has 0 radical (unpaired) electrons. The number of aromatic nitrogens is 2. The van der Waals surface area contributed by atoms with Crippen molar-refractivity contribution in [3.8, 4) is 0 Å². The summed E-state index contributed by atoms with van der Waals surface area (Å²) in [5.41, 5.74) is 4.25. The Morgan fingerprint density at radius 3 is 1.30 bits per heavy atom. The zero-order valence-corrected chi connectivity index (χ0v) is 25.9. The molecule has 9 heteroatoms. The van der Waals surface area contributed by atoms with Crippen LogP contribution in [-0.2, 0) is 13.1 Å². The van der Waals surface area contributed by atoms with E-state index in [9.17, 15) is 10.2 Å². The third-order valence-electron chi connectivity index (χ3n) is 8.71. The number of hydrogen-bond donors (Lipinski definition) is 2. The van der Waals surface area contributed by atoms with Crippen molar-refractivity contribution in [1.29, 1.82) is 0 Å². The topological polar surface area (TPSA) is 56.8 Å². The Labute approximate surface area is 265 Å². The maximum absolute atomic E-state index is 11.2. The summed E-state index contributed by atoms with van der Waals surface area (Å²) >= 11 is 18.9. The van der Waals surface area contributed by atoms with Gasteiger partial charge in [-0.05, 0) is 60.7 Å². The number of benzene rings is 4. The molecule has 1 aliphatic heterocycles. The molecule has 222 valence electrons. The largest absolute Gasteiger partial charge is 0.390 e. The minimum atomic E-state index is -0.536. The van der Waals surface area contributed by atoms with Crippen LogP contribution in [0.5, 0.6) is 0 Å².